The fourth-order valence-corrected chi connectivity index (χ4v) is 10.6. The Bertz CT molecular complexity index is 1930. The van der Waals surface area contributed by atoms with E-state index in [-0.39, 0.29) is 0 Å². The number of fused-ring (bicyclic) bond motifs is 11. The van der Waals surface area contributed by atoms with Gasteiger partial charge in [-0.15, -0.1) is 0 Å². The van der Waals surface area contributed by atoms with E-state index in [0.29, 0.717) is 29.9 Å². The molecule has 0 atom stereocenters. The molecule has 0 aromatic heterocycles. The number of rotatable bonds is 0. The summed E-state index contributed by atoms with van der Waals surface area (Å²) in [6, 6.07) is 51.1. The van der Waals surface area contributed by atoms with Crippen LogP contribution in [0, 0.1) is 0 Å². The van der Waals surface area contributed by atoms with Gasteiger partial charge in [-0.3, -0.25) is 0 Å². The molecular weight excluding hydrogens is 638 g/mol. The van der Waals surface area contributed by atoms with Crippen molar-refractivity contribution in [3.05, 3.63) is 156 Å². The van der Waals surface area contributed by atoms with Gasteiger partial charge in [-0.25, -0.2) is 0 Å². The first-order valence-electron chi connectivity index (χ1n) is 14.6. The summed E-state index contributed by atoms with van der Waals surface area (Å²) in [5, 5.41) is 4.60. The van der Waals surface area contributed by atoms with Crippen molar-refractivity contribution in [2.45, 2.75) is 21.3 Å². The van der Waals surface area contributed by atoms with Gasteiger partial charge in [0.1, 0.15) is 0 Å². The predicted molar refractivity (Wildman–Crippen MR) is 180 cm³/mol. The molecule has 3 aliphatic heterocycles. The zero-order valence-electron chi connectivity index (χ0n) is 23.3. The Morgan fingerprint density at radius 1 is 0.310 bits per heavy atom. The third-order valence-corrected chi connectivity index (χ3v) is 13.0. The monoisotopic (exact) mass is 670 g/mol. The van der Waals surface area contributed by atoms with E-state index in [9.17, 15) is 0 Å². The van der Waals surface area contributed by atoms with Gasteiger partial charge in [0.2, 0.25) is 0 Å². The molecule has 3 heterocycles. The van der Waals surface area contributed by atoms with Crippen molar-refractivity contribution < 1.29 is 0 Å². The fourth-order valence-electron chi connectivity index (χ4n) is 6.41. The first kappa shape index (κ1) is 26.0. The van der Waals surface area contributed by atoms with Gasteiger partial charge in [-0.05, 0) is 0 Å². The maximum atomic E-state index is 2.53. The van der Waals surface area contributed by atoms with Crippen LogP contribution in [0.4, 0.5) is 0 Å². The molecule has 42 heavy (non-hydrogen) atoms. The number of benzene rings is 6. The molecule has 6 aromatic rings. The van der Waals surface area contributed by atoms with E-state index >= 15 is 0 Å². The van der Waals surface area contributed by atoms with Crippen molar-refractivity contribution in [2.75, 3.05) is 0 Å². The average molecular weight is 669 g/mol. The SMILES string of the molecule is c1cc2cc(c1)-c1ccccc1-c1ccc3c(c1)-c1cc(ccc1C[Se]Cc1ccccc1-c1ccc-3cc1)C[Se]C2. The fraction of sp³-hybridized carbons (Fsp3) is 0.100. The molecule has 0 saturated heterocycles. The Hall–Kier alpha value is -3.64. The first-order valence-corrected chi connectivity index (χ1v) is 19.4. The molecule has 2 heteroatoms. The van der Waals surface area contributed by atoms with Crippen LogP contribution in [-0.2, 0) is 21.3 Å². The molecule has 0 N–H and O–H groups in total. The Morgan fingerprint density at radius 3 is 1.67 bits per heavy atom. The summed E-state index contributed by atoms with van der Waals surface area (Å²) in [6.45, 7) is 0. The summed E-state index contributed by atoms with van der Waals surface area (Å²) >= 11 is 0.978. The van der Waals surface area contributed by atoms with Crippen LogP contribution in [-0.4, -0.2) is 29.9 Å². The van der Waals surface area contributed by atoms with E-state index < -0.39 is 0 Å². The third kappa shape index (κ3) is 4.90. The van der Waals surface area contributed by atoms with Gasteiger partial charge >= 0.3 is 263 Å². The maximum absolute atomic E-state index is 2.53. The van der Waals surface area contributed by atoms with Gasteiger partial charge in [0.15, 0.2) is 0 Å². The first-order chi connectivity index (χ1) is 20.8. The Balaban J connectivity index is 1.39. The quantitative estimate of drug-likeness (QED) is 0.142. The van der Waals surface area contributed by atoms with Crippen LogP contribution >= 0.6 is 0 Å². The molecular formula is C40H30Se2. The second kappa shape index (κ2) is 11.2. The van der Waals surface area contributed by atoms with Crippen LogP contribution in [0.3, 0.4) is 0 Å². The molecule has 202 valence electrons. The van der Waals surface area contributed by atoms with Gasteiger partial charge in [0, 0.05) is 0 Å². The van der Waals surface area contributed by atoms with Crippen LogP contribution in [0.15, 0.2) is 133 Å². The summed E-state index contributed by atoms with van der Waals surface area (Å²) in [7, 11) is 0. The molecule has 9 rings (SSSR count). The van der Waals surface area contributed by atoms with Gasteiger partial charge < -0.3 is 0 Å². The molecule has 0 unspecified atom stereocenters. The van der Waals surface area contributed by atoms with Gasteiger partial charge in [0.25, 0.3) is 0 Å². The molecule has 3 aliphatic rings. The Morgan fingerprint density at radius 2 is 0.881 bits per heavy atom. The van der Waals surface area contributed by atoms with E-state index in [4.69, 9.17) is 0 Å². The summed E-state index contributed by atoms with van der Waals surface area (Å²) in [5.41, 5.74) is 19.2. The number of hydrogen-bond donors (Lipinski definition) is 0. The van der Waals surface area contributed by atoms with Crippen molar-refractivity contribution in [1.82, 2.24) is 0 Å². The summed E-state index contributed by atoms with van der Waals surface area (Å²) in [5.74, 6) is 0. The molecule has 0 fully saturated rings. The van der Waals surface area contributed by atoms with Crippen molar-refractivity contribution in [3.8, 4) is 55.6 Å². The molecule has 0 nitrogen and oxygen atoms in total. The summed E-state index contributed by atoms with van der Waals surface area (Å²) < 4.78 is 0. The van der Waals surface area contributed by atoms with Crippen molar-refractivity contribution in [2.24, 2.45) is 0 Å². The van der Waals surface area contributed by atoms with E-state index in [1.165, 1.54) is 77.9 Å². The Kier molecular flexibility index (Phi) is 6.95. The van der Waals surface area contributed by atoms with Crippen molar-refractivity contribution >= 4 is 29.9 Å². The van der Waals surface area contributed by atoms with Crippen LogP contribution in [0.5, 0.6) is 0 Å². The van der Waals surface area contributed by atoms with E-state index in [2.05, 4.69) is 133 Å². The minimum atomic E-state index is 0.470. The topological polar surface area (TPSA) is 0 Å². The van der Waals surface area contributed by atoms with Crippen LogP contribution in [0.2, 0.25) is 0 Å². The third-order valence-electron chi connectivity index (χ3n) is 8.54. The van der Waals surface area contributed by atoms with Crippen LogP contribution in [0.25, 0.3) is 55.6 Å². The standard InChI is InChI=1S/C40H30Se2/c1-2-9-35-29-14-16-30(17-15-29)38-19-18-32-22-40(38)39-21-28(12-13-34(39)26-42-25-33(35)7-1)24-41-23-27-6-5-8-31(20-27)36-10-3-4-11-37(32)36/h1-22H,23-26H2. The van der Waals surface area contributed by atoms with Crippen molar-refractivity contribution in [1.29, 1.82) is 0 Å². The zero-order chi connectivity index (χ0) is 27.9. The molecule has 0 spiro atoms. The zero-order valence-corrected chi connectivity index (χ0v) is 26.8. The molecule has 0 aliphatic carbocycles. The van der Waals surface area contributed by atoms with Gasteiger partial charge in [-0.2, -0.15) is 0 Å². The molecule has 0 saturated carbocycles. The molecule has 6 aromatic carbocycles. The predicted octanol–water partition coefficient (Wildman–Crippen LogP) is 9.46. The molecule has 0 radical (unpaired) electrons. The van der Waals surface area contributed by atoms with Crippen molar-refractivity contribution in [3.63, 3.8) is 0 Å². The van der Waals surface area contributed by atoms with E-state index in [0.717, 1.165) is 21.3 Å². The second-order valence-corrected chi connectivity index (χ2v) is 15.4. The summed E-state index contributed by atoms with van der Waals surface area (Å²) in [4.78, 5) is 0. The second-order valence-electron chi connectivity index (χ2n) is 11.2. The molecule has 0 amide bonds. The minimum absolute atomic E-state index is 0.470. The normalized spacial score (nSPS) is 13.6. The average Bonchev–Trinajstić information content (AvgIpc) is 3.06. The van der Waals surface area contributed by atoms with Crippen LogP contribution in [0.1, 0.15) is 22.3 Å². The summed E-state index contributed by atoms with van der Waals surface area (Å²) in [6.07, 6.45) is 0. The van der Waals surface area contributed by atoms with E-state index in [1.54, 1.807) is 0 Å². The van der Waals surface area contributed by atoms with Gasteiger partial charge in [-0.1, -0.05) is 0 Å². The Labute approximate surface area is 261 Å². The van der Waals surface area contributed by atoms with Crippen LogP contribution < -0.4 is 0 Å². The molecule has 8 bridgehead atoms. The van der Waals surface area contributed by atoms with Gasteiger partial charge in [0.05, 0.1) is 0 Å². The number of hydrogen-bond acceptors (Lipinski definition) is 0. The van der Waals surface area contributed by atoms with E-state index in [1.807, 2.05) is 0 Å².